The summed E-state index contributed by atoms with van der Waals surface area (Å²) in [5.74, 6) is -0.124. The number of carbonyl (C=O) groups excluding carboxylic acids is 1. The second kappa shape index (κ2) is 11.0. The Hall–Kier alpha value is -1.77. The maximum absolute atomic E-state index is 12.0. The van der Waals surface area contributed by atoms with Gasteiger partial charge in [-0.05, 0) is 42.9 Å². The van der Waals surface area contributed by atoms with Crippen molar-refractivity contribution in [2.75, 3.05) is 11.9 Å². The molecule has 0 spiro atoms. The quantitative estimate of drug-likeness (QED) is 0.328. The molecule has 0 aliphatic rings. The third-order valence-corrected chi connectivity index (χ3v) is 4.99. The molecule has 0 radical (unpaired) electrons. The lowest BCUT2D eigenvalue weighted by Gasteiger charge is -2.10. The number of thiocarbonyl (C=S) groups is 1. The van der Waals surface area contributed by atoms with E-state index in [9.17, 15) is 13.2 Å². The van der Waals surface area contributed by atoms with Crippen LogP contribution in [0, 0.1) is 0 Å². The van der Waals surface area contributed by atoms with E-state index in [1.165, 1.54) is 18.2 Å². The van der Waals surface area contributed by atoms with Gasteiger partial charge in [0, 0.05) is 18.7 Å². The van der Waals surface area contributed by atoms with E-state index in [1.807, 2.05) is 0 Å². The van der Waals surface area contributed by atoms with Crippen LogP contribution < -0.4 is 15.4 Å². The Morgan fingerprint density at radius 3 is 2.48 bits per heavy atom. The molecule has 1 amide bonds. The lowest BCUT2D eigenvalue weighted by atomic mass is 10.1. The highest BCUT2D eigenvalue weighted by molar-refractivity contribution is 7.89. The van der Waals surface area contributed by atoms with Crippen LogP contribution in [0.4, 0.5) is 5.69 Å². The number of nitrogens with one attached hydrogen (secondary N) is 3. The van der Waals surface area contributed by atoms with Gasteiger partial charge in [0.1, 0.15) is 0 Å². The Kier molecular flexibility index (Phi) is 9.33. The fourth-order valence-electron chi connectivity index (χ4n) is 2.03. The van der Waals surface area contributed by atoms with Crippen molar-refractivity contribution >= 4 is 38.9 Å². The molecule has 0 heterocycles. The highest BCUT2D eigenvalue weighted by Gasteiger charge is 2.12. The predicted molar refractivity (Wildman–Crippen MR) is 105 cm³/mol. The zero-order valence-corrected chi connectivity index (χ0v) is 16.0. The van der Waals surface area contributed by atoms with Gasteiger partial charge in [-0.25, -0.2) is 13.1 Å². The third kappa shape index (κ3) is 8.24. The summed E-state index contributed by atoms with van der Waals surface area (Å²) in [4.78, 5) is 11.9. The van der Waals surface area contributed by atoms with Crippen molar-refractivity contribution in [2.24, 2.45) is 0 Å². The molecule has 0 bridgehead atoms. The van der Waals surface area contributed by atoms with E-state index in [-0.39, 0.29) is 22.5 Å². The standard InChI is InChI=1S/C17H25N3O3S2/c1-3-5-6-7-8-16(21)20-17(24)19-14-9-11-15(12-10-14)25(22,23)18-13-4-2/h4,9-12,18H,2-3,5-8,13H2,1H3,(H2,19,20,21,24). The van der Waals surface area contributed by atoms with Crippen LogP contribution in [-0.4, -0.2) is 26.0 Å². The van der Waals surface area contributed by atoms with Gasteiger partial charge in [0.25, 0.3) is 0 Å². The van der Waals surface area contributed by atoms with Gasteiger partial charge in [-0.2, -0.15) is 0 Å². The summed E-state index contributed by atoms with van der Waals surface area (Å²) < 4.78 is 26.3. The van der Waals surface area contributed by atoms with Crippen molar-refractivity contribution in [3.8, 4) is 0 Å². The molecule has 0 aromatic heterocycles. The molecule has 138 valence electrons. The highest BCUT2D eigenvalue weighted by Crippen LogP contribution is 2.14. The van der Waals surface area contributed by atoms with E-state index >= 15 is 0 Å². The number of hydrogen-bond donors (Lipinski definition) is 3. The monoisotopic (exact) mass is 383 g/mol. The summed E-state index contributed by atoms with van der Waals surface area (Å²) in [7, 11) is -3.55. The van der Waals surface area contributed by atoms with E-state index in [4.69, 9.17) is 12.2 Å². The largest absolute Gasteiger partial charge is 0.332 e. The lowest BCUT2D eigenvalue weighted by molar-refractivity contribution is -0.119. The van der Waals surface area contributed by atoms with E-state index in [0.29, 0.717) is 12.1 Å². The van der Waals surface area contributed by atoms with Crippen LogP contribution in [0.25, 0.3) is 0 Å². The van der Waals surface area contributed by atoms with Crippen molar-refractivity contribution < 1.29 is 13.2 Å². The van der Waals surface area contributed by atoms with Crippen molar-refractivity contribution in [3.63, 3.8) is 0 Å². The van der Waals surface area contributed by atoms with Crippen molar-refractivity contribution in [1.82, 2.24) is 10.0 Å². The summed E-state index contributed by atoms with van der Waals surface area (Å²) in [5, 5.41) is 5.68. The van der Waals surface area contributed by atoms with Gasteiger partial charge in [0.15, 0.2) is 5.11 Å². The smallest absolute Gasteiger partial charge is 0.240 e. The molecule has 0 saturated heterocycles. The molecular weight excluding hydrogens is 358 g/mol. The Morgan fingerprint density at radius 1 is 1.20 bits per heavy atom. The number of carbonyl (C=O) groups is 1. The molecule has 0 atom stereocenters. The Morgan fingerprint density at radius 2 is 1.88 bits per heavy atom. The number of benzene rings is 1. The van der Waals surface area contributed by atoms with Crippen LogP contribution >= 0.6 is 12.2 Å². The number of rotatable bonds is 10. The van der Waals surface area contributed by atoms with Crippen LogP contribution in [0.3, 0.4) is 0 Å². The number of unbranched alkanes of at least 4 members (excludes halogenated alkanes) is 3. The Labute approximate surface area is 155 Å². The van der Waals surface area contributed by atoms with E-state index in [1.54, 1.807) is 12.1 Å². The maximum Gasteiger partial charge on any atom is 0.240 e. The average molecular weight is 384 g/mol. The van der Waals surface area contributed by atoms with E-state index in [0.717, 1.165) is 25.7 Å². The molecule has 1 aromatic rings. The molecule has 0 unspecified atom stereocenters. The zero-order valence-electron chi connectivity index (χ0n) is 14.4. The average Bonchev–Trinajstić information content (AvgIpc) is 2.57. The summed E-state index contributed by atoms with van der Waals surface area (Å²) in [5.41, 5.74) is 0.596. The van der Waals surface area contributed by atoms with Crippen molar-refractivity contribution in [1.29, 1.82) is 0 Å². The van der Waals surface area contributed by atoms with Gasteiger partial charge in [0.2, 0.25) is 15.9 Å². The van der Waals surface area contributed by atoms with E-state index < -0.39 is 10.0 Å². The number of hydrogen-bond acceptors (Lipinski definition) is 4. The highest BCUT2D eigenvalue weighted by atomic mass is 32.2. The normalized spacial score (nSPS) is 10.9. The van der Waals surface area contributed by atoms with Gasteiger partial charge < -0.3 is 10.6 Å². The maximum atomic E-state index is 12.0. The number of amides is 1. The molecule has 0 saturated carbocycles. The van der Waals surface area contributed by atoms with Crippen LogP contribution in [0.5, 0.6) is 0 Å². The summed E-state index contributed by atoms with van der Waals surface area (Å²) in [6.45, 7) is 5.75. The van der Waals surface area contributed by atoms with Gasteiger partial charge >= 0.3 is 0 Å². The second-order valence-corrected chi connectivity index (χ2v) is 7.65. The van der Waals surface area contributed by atoms with Crippen LogP contribution in [0.1, 0.15) is 39.0 Å². The molecule has 0 fully saturated rings. The van der Waals surface area contributed by atoms with Gasteiger partial charge in [-0.3, -0.25) is 4.79 Å². The molecule has 0 aliphatic carbocycles. The molecule has 25 heavy (non-hydrogen) atoms. The van der Waals surface area contributed by atoms with Crippen LogP contribution in [0.15, 0.2) is 41.8 Å². The van der Waals surface area contributed by atoms with Gasteiger partial charge in [-0.1, -0.05) is 32.3 Å². The number of anilines is 1. The first kappa shape index (κ1) is 21.3. The fourth-order valence-corrected chi connectivity index (χ4v) is 3.26. The molecule has 8 heteroatoms. The minimum atomic E-state index is -3.55. The van der Waals surface area contributed by atoms with Gasteiger partial charge in [0.05, 0.1) is 4.90 Å². The SMILES string of the molecule is C=CCNS(=O)(=O)c1ccc(NC(=S)NC(=O)CCCCCC)cc1. The molecule has 6 nitrogen and oxygen atoms in total. The second-order valence-electron chi connectivity index (χ2n) is 5.48. The van der Waals surface area contributed by atoms with Crippen molar-refractivity contribution in [3.05, 3.63) is 36.9 Å². The Balaban J connectivity index is 2.50. The van der Waals surface area contributed by atoms with Gasteiger partial charge in [-0.15, -0.1) is 6.58 Å². The van der Waals surface area contributed by atoms with Crippen LogP contribution in [-0.2, 0) is 14.8 Å². The zero-order chi connectivity index (χ0) is 18.7. The molecule has 1 aromatic carbocycles. The number of sulfonamides is 1. The third-order valence-electron chi connectivity index (χ3n) is 3.35. The molecular formula is C17H25N3O3S2. The first-order valence-corrected chi connectivity index (χ1v) is 10.1. The summed E-state index contributed by atoms with van der Waals surface area (Å²) in [6.07, 6.45) is 6.01. The molecule has 3 N–H and O–H groups in total. The summed E-state index contributed by atoms with van der Waals surface area (Å²) >= 11 is 5.09. The van der Waals surface area contributed by atoms with Crippen molar-refractivity contribution in [2.45, 2.75) is 43.9 Å². The molecule has 1 rings (SSSR count). The first-order chi connectivity index (χ1) is 11.9. The predicted octanol–water partition coefficient (Wildman–Crippen LogP) is 2.93. The first-order valence-electron chi connectivity index (χ1n) is 8.20. The lowest BCUT2D eigenvalue weighted by Crippen LogP contribution is -2.33. The Bertz CT molecular complexity index is 686. The summed E-state index contributed by atoms with van der Waals surface area (Å²) in [6, 6.07) is 6.09. The van der Waals surface area contributed by atoms with Crippen LogP contribution in [0.2, 0.25) is 0 Å². The fraction of sp³-hybridized carbons (Fsp3) is 0.412. The topological polar surface area (TPSA) is 87.3 Å². The molecule has 0 aliphatic heterocycles. The minimum absolute atomic E-state index is 0.124. The minimum Gasteiger partial charge on any atom is -0.332 e. The van der Waals surface area contributed by atoms with E-state index in [2.05, 4.69) is 28.9 Å².